The zero-order valence-electron chi connectivity index (χ0n) is 10.8. The van der Waals surface area contributed by atoms with Gasteiger partial charge in [0.1, 0.15) is 5.69 Å². The third-order valence-corrected chi connectivity index (χ3v) is 3.68. The molecular weight excluding hydrogens is 357 g/mol. The van der Waals surface area contributed by atoms with E-state index in [4.69, 9.17) is 4.74 Å². The third-order valence-electron chi connectivity index (χ3n) is 2.82. The zero-order valence-corrected chi connectivity index (χ0v) is 13.0. The lowest BCUT2D eigenvalue weighted by molar-refractivity contribution is 0.0526. The Balaban J connectivity index is 2.08. The van der Waals surface area contributed by atoms with Gasteiger partial charge in [-0.05, 0) is 60.6 Å². The zero-order chi connectivity index (χ0) is 13.7. The number of esters is 1. The van der Waals surface area contributed by atoms with Crippen molar-refractivity contribution in [2.24, 2.45) is 10.3 Å². The van der Waals surface area contributed by atoms with Crippen molar-refractivity contribution in [2.75, 3.05) is 19.7 Å². The lowest BCUT2D eigenvalue weighted by Crippen LogP contribution is -2.09. The maximum absolute atomic E-state index is 11.6. The van der Waals surface area contributed by atoms with Gasteiger partial charge in [-0.15, -0.1) is 5.11 Å². The van der Waals surface area contributed by atoms with Crippen molar-refractivity contribution in [3.8, 4) is 0 Å². The van der Waals surface area contributed by atoms with Crippen molar-refractivity contribution in [1.29, 1.82) is 0 Å². The fourth-order valence-corrected chi connectivity index (χ4v) is 2.45. The van der Waals surface area contributed by atoms with Crippen molar-refractivity contribution in [2.45, 2.75) is 19.8 Å². The molecule has 6 heteroatoms. The molecule has 0 spiro atoms. The second-order valence-corrected chi connectivity index (χ2v) is 5.40. The molecule has 1 aromatic rings. The normalized spacial score (nSPS) is 15.2. The highest BCUT2D eigenvalue weighted by Crippen LogP contribution is 2.24. The highest BCUT2D eigenvalue weighted by Gasteiger charge is 2.11. The average Bonchev–Trinajstić information content (AvgIpc) is 2.90. The summed E-state index contributed by atoms with van der Waals surface area (Å²) in [6.07, 6.45) is 2.36. The van der Waals surface area contributed by atoms with Crippen molar-refractivity contribution in [1.82, 2.24) is 5.01 Å². The first-order chi connectivity index (χ1) is 9.20. The van der Waals surface area contributed by atoms with Crippen LogP contribution in [0.25, 0.3) is 0 Å². The molecule has 0 unspecified atom stereocenters. The van der Waals surface area contributed by atoms with Crippen molar-refractivity contribution in [3.63, 3.8) is 0 Å². The summed E-state index contributed by atoms with van der Waals surface area (Å²) in [5, 5.41) is 10.4. The van der Waals surface area contributed by atoms with Gasteiger partial charge in [-0.3, -0.25) is 5.01 Å². The van der Waals surface area contributed by atoms with Crippen LogP contribution in [0.5, 0.6) is 0 Å². The minimum Gasteiger partial charge on any atom is -0.462 e. The third kappa shape index (κ3) is 3.89. The number of hydrogen-bond acceptors (Lipinski definition) is 4. The Morgan fingerprint density at radius 3 is 2.79 bits per heavy atom. The van der Waals surface area contributed by atoms with Gasteiger partial charge in [-0.2, -0.15) is 0 Å². The van der Waals surface area contributed by atoms with Crippen LogP contribution >= 0.6 is 22.6 Å². The summed E-state index contributed by atoms with van der Waals surface area (Å²) >= 11 is 2.15. The number of carbonyl (C=O) groups is 1. The average molecular weight is 373 g/mol. The molecule has 1 heterocycles. The first-order valence-corrected chi connectivity index (χ1v) is 7.42. The molecule has 2 rings (SSSR count). The van der Waals surface area contributed by atoms with Gasteiger partial charge >= 0.3 is 5.97 Å². The Morgan fingerprint density at radius 2 is 2.16 bits per heavy atom. The second kappa shape index (κ2) is 6.83. The first kappa shape index (κ1) is 14.2. The summed E-state index contributed by atoms with van der Waals surface area (Å²) in [5.74, 6) is -0.302. The Morgan fingerprint density at radius 1 is 1.42 bits per heavy atom. The monoisotopic (exact) mass is 373 g/mol. The van der Waals surface area contributed by atoms with E-state index in [0.717, 1.165) is 22.3 Å². The Labute approximate surface area is 126 Å². The molecule has 0 aromatic heterocycles. The largest absolute Gasteiger partial charge is 0.462 e. The van der Waals surface area contributed by atoms with E-state index in [1.54, 1.807) is 25.1 Å². The molecule has 19 heavy (non-hydrogen) atoms. The minimum atomic E-state index is -0.302. The summed E-state index contributed by atoms with van der Waals surface area (Å²) in [4.78, 5) is 11.6. The number of rotatable bonds is 4. The number of carbonyl (C=O) groups excluding carboxylic acids is 1. The van der Waals surface area contributed by atoms with Gasteiger partial charge < -0.3 is 4.74 Å². The van der Waals surface area contributed by atoms with Gasteiger partial charge in [-0.1, -0.05) is 5.22 Å². The standard InChI is InChI=1S/C13H16IN3O2/c1-2-19-13(18)10-5-6-12(11(14)9-10)15-16-17-7-3-4-8-17/h5-6,9H,2-4,7-8H2,1H3/b16-15+. The predicted octanol–water partition coefficient (Wildman–Crippen LogP) is 3.56. The van der Waals surface area contributed by atoms with Crippen LogP contribution in [-0.4, -0.2) is 30.7 Å². The van der Waals surface area contributed by atoms with E-state index in [0.29, 0.717) is 12.2 Å². The van der Waals surface area contributed by atoms with Gasteiger partial charge in [0, 0.05) is 16.7 Å². The van der Waals surface area contributed by atoms with Crippen LogP contribution in [0.2, 0.25) is 0 Å². The highest BCUT2D eigenvalue weighted by atomic mass is 127. The number of halogens is 1. The van der Waals surface area contributed by atoms with E-state index in [2.05, 4.69) is 32.9 Å². The summed E-state index contributed by atoms with van der Waals surface area (Å²) < 4.78 is 5.85. The summed E-state index contributed by atoms with van der Waals surface area (Å²) in [6, 6.07) is 5.29. The van der Waals surface area contributed by atoms with Crippen LogP contribution in [0.4, 0.5) is 5.69 Å². The van der Waals surface area contributed by atoms with Crippen LogP contribution in [0.3, 0.4) is 0 Å². The van der Waals surface area contributed by atoms with E-state index in [1.807, 2.05) is 5.01 Å². The Hall–Kier alpha value is -1.18. The molecule has 1 aromatic carbocycles. The van der Waals surface area contributed by atoms with Gasteiger partial charge in [0.2, 0.25) is 0 Å². The molecule has 1 saturated heterocycles. The van der Waals surface area contributed by atoms with E-state index >= 15 is 0 Å². The summed E-state index contributed by atoms with van der Waals surface area (Å²) in [5.41, 5.74) is 1.33. The van der Waals surface area contributed by atoms with Crippen LogP contribution in [-0.2, 0) is 4.74 Å². The molecule has 0 aliphatic carbocycles. The molecule has 5 nitrogen and oxygen atoms in total. The van der Waals surface area contributed by atoms with Gasteiger partial charge in [-0.25, -0.2) is 4.79 Å². The van der Waals surface area contributed by atoms with Gasteiger partial charge in [0.15, 0.2) is 0 Å². The summed E-state index contributed by atoms with van der Waals surface area (Å²) in [7, 11) is 0. The molecule has 0 bridgehead atoms. The van der Waals surface area contributed by atoms with Crippen LogP contribution < -0.4 is 0 Å². The molecule has 0 N–H and O–H groups in total. The molecule has 0 atom stereocenters. The van der Waals surface area contributed by atoms with E-state index in [-0.39, 0.29) is 5.97 Å². The van der Waals surface area contributed by atoms with Crippen LogP contribution in [0.15, 0.2) is 28.5 Å². The lowest BCUT2D eigenvalue weighted by Gasteiger charge is -2.08. The first-order valence-electron chi connectivity index (χ1n) is 6.34. The van der Waals surface area contributed by atoms with Crippen molar-refractivity contribution >= 4 is 34.2 Å². The molecule has 102 valence electrons. The van der Waals surface area contributed by atoms with Gasteiger partial charge in [0.25, 0.3) is 0 Å². The number of nitrogens with zero attached hydrogens (tertiary/aromatic N) is 3. The lowest BCUT2D eigenvalue weighted by atomic mass is 10.2. The number of ether oxygens (including phenoxy) is 1. The molecule has 0 amide bonds. The van der Waals surface area contributed by atoms with Gasteiger partial charge in [0.05, 0.1) is 12.2 Å². The predicted molar refractivity (Wildman–Crippen MR) is 80.4 cm³/mol. The number of benzene rings is 1. The Bertz CT molecular complexity index is 485. The van der Waals surface area contributed by atoms with Crippen molar-refractivity contribution < 1.29 is 9.53 Å². The Kier molecular flexibility index (Phi) is 5.12. The topological polar surface area (TPSA) is 54.3 Å². The smallest absolute Gasteiger partial charge is 0.338 e. The molecule has 1 aliphatic rings. The highest BCUT2D eigenvalue weighted by molar-refractivity contribution is 14.1. The fourth-order valence-electron chi connectivity index (χ4n) is 1.83. The van der Waals surface area contributed by atoms with E-state index in [9.17, 15) is 4.79 Å². The molecular formula is C13H16IN3O2. The fraction of sp³-hybridized carbons (Fsp3) is 0.462. The minimum absolute atomic E-state index is 0.302. The maximum Gasteiger partial charge on any atom is 0.338 e. The SMILES string of the molecule is CCOC(=O)c1ccc(/N=N/N2CCCC2)c(I)c1. The molecule has 0 radical (unpaired) electrons. The van der Waals surface area contributed by atoms with E-state index in [1.165, 1.54) is 12.8 Å². The molecule has 0 saturated carbocycles. The van der Waals surface area contributed by atoms with Crippen LogP contribution in [0, 0.1) is 3.57 Å². The van der Waals surface area contributed by atoms with E-state index < -0.39 is 0 Å². The molecule has 1 aliphatic heterocycles. The van der Waals surface area contributed by atoms with Crippen LogP contribution in [0.1, 0.15) is 30.1 Å². The summed E-state index contributed by atoms with van der Waals surface area (Å²) in [6.45, 7) is 4.12. The van der Waals surface area contributed by atoms with Crippen molar-refractivity contribution in [3.05, 3.63) is 27.3 Å². The quantitative estimate of drug-likeness (QED) is 0.461. The maximum atomic E-state index is 11.6. The molecule has 1 fully saturated rings. The second-order valence-electron chi connectivity index (χ2n) is 4.24. The number of hydrogen-bond donors (Lipinski definition) is 0.